The molecule has 0 aliphatic carbocycles. The summed E-state index contributed by atoms with van der Waals surface area (Å²) in [6.07, 6.45) is 0.693. The van der Waals surface area contributed by atoms with E-state index in [0.29, 0.717) is 32.4 Å². The van der Waals surface area contributed by atoms with Gasteiger partial charge in [-0.25, -0.2) is 17.6 Å². The van der Waals surface area contributed by atoms with Gasteiger partial charge < -0.3 is 14.7 Å². The highest BCUT2D eigenvalue weighted by Gasteiger charge is 2.46. The summed E-state index contributed by atoms with van der Waals surface area (Å²) in [4.78, 5) is 12.4. The van der Waals surface area contributed by atoms with Crippen molar-refractivity contribution in [3.05, 3.63) is 30.1 Å². The normalized spacial score (nSPS) is 23.3. The molecule has 0 radical (unpaired) electrons. The first kappa shape index (κ1) is 18.1. The quantitative estimate of drug-likeness (QED) is 0.873. The van der Waals surface area contributed by atoms with Gasteiger partial charge in [0, 0.05) is 20.1 Å². The van der Waals surface area contributed by atoms with Crippen molar-refractivity contribution in [3.63, 3.8) is 0 Å². The molecule has 2 aliphatic heterocycles. The molecule has 2 heterocycles. The number of benzene rings is 1. The van der Waals surface area contributed by atoms with E-state index in [1.807, 2.05) is 0 Å². The summed E-state index contributed by atoms with van der Waals surface area (Å²) in [6, 6.07) is 4.41. The van der Waals surface area contributed by atoms with Crippen LogP contribution in [-0.2, 0) is 14.8 Å². The van der Waals surface area contributed by atoms with Gasteiger partial charge in [0.1, 0.15) is 5.82 Å². The van der Waals surface area contributed by atoms with E-state index in [4.69, 9.17) is 9.84 Å². The van der Waals surface area contributed by atoms with Gasteiger partial charge in [-0.1, -0.05) is 0 Å². The maximum absolute atomic E-state index is 13.0. The van der Waals surface area contributed by atoms with E-state index in [0.717, 1.165) is 12.1 Å². The molecule has 1 N–H and O–H groups in total. The van der Waals surface area contributed by atoms with Crippen molar-refractivity contribution in [2.24, 2.45) is 0 Å². The van der Waals surface area contributed by atoms with E-state index in [9.17, 15) is 17.6 Å². The summed E-state index contributed by atoms with van der Waals surface area (Å²) in [5.41, 5.74) is -0.469. The van der Waals surface area contributed by atoms with E-state index in [1.165, 1.54) is 28.4 Å². The Kier molecular flexibility index (Phi) is 4.74. The Bertz CT molecular complexity index is 744. The van der Waals surface area contributed by atoms with Gasteiger partial charge in [0.2, 0.25) is 10.0 Å². The maximum atomic E-state index is 13.0. The third-order valence-electron chi connectivity index (χ3n) is 5.14. The maximum Gasteiger partial charge on any atom is 0.407 e. The number of nitrogens with zero attached hydrogens (tertiary/aromatic N) is 2. The van der Waals surface area contributed by atoms with E-state index < -0.39 is 27.5 Å². The van der Waals surface area contributed by atoms with Crippen LogP contribution in [0.25, 0.3) is 0 Å². The molecule has 1 amide bonds. The van der Waals surface area contributed by atoms with E-state index in [2.05, 4.69) is 0 Å². The molecule has 138 valence electrons. The molecule has 2 saturated heterocycles. The van der Waals surface area contributed by atoms with Crippen LogP contribution < -0.4 is 0 Å². The number of carboxylic acid groups (broad SMARTS) is 1. The molecule has 1 aromatic carbocycles. The van der Waals surface area contributed by atoms with Crippen molar-refractivity contribution in [2.45, 2.75) is 35.8 Å². The zero-order chi connectivity index (χ0) is 18.2. The first-order valence-electron chi connectivity index (χ1n) is 8.09. The number of sulfonamides is 1. The zero-order valence-corrected chi connectivity index (χ0v) is 14.7. The van der Waals surface area contributed by atoms with Crippen LogP contribution in [0, 0.1) is 5.82 Å². The number of halogens is 1. The molecular weight excluding hydrogens is 351 g/mol. The smallest absolute Gasteiger partial charge is 0.407 e. The number of ether oxygens (including phenoxy) is 1. The number of likely N-dealkylation sites (N-methyl/N-ethyl adjacent to an activating group) is 1. The van der Waals surface area contributed by atoms with Gasteiger partial charge in [-0.3, -0.25) is 0 Å². The summed E-state index contributed by atoms with van der Waals surface area (Å²) in [5, 5.41) is 9.03. The number of hydrogen-bond donors (Lipinski definition) is 1. The lowest BCUT2D eigenvalue weighted by molar-refractivity contribution is -0.0396. The van der Waals surface area contributed by atoms with Crippen LogP contribution in [0.3, 0.4) is 0 Å². The Balaban J connectivity index is 1.69. The van der Waals surface area contributed by atoms with Crippen LogP contribution in [0.4, 0.5) is 9.18 Å². The monoisotopic (exact) mass is 372 g/mol. The minimum Gasteiger partial charge on any atom is -0.465 e. The zero-order valence-electron chi connectivity index (χ0n) is 13.9. The molecule has 1 atom stereocenters. The van der Waals surface area contributed by atoms with Crippen LogP contribution >= 0.6 is 0 Å². The SMILES string of the molecule is CN(C1COC2(CCN(C(=O)O)CC2)C1)S(=O)(=O)c1ccc(F)cc1. The summed E-state index contributed by atoms with van der Waals surface area (Å²) >= 11 is 0. The molecule has 0 saturated carbocycles. The number of carbonyl (C=O) groups is 1. The van der Waals surface area contributed by atoms with Gasteiger partial charge in [-0.15, -0.1) is 0 Å². The second-order valence-electron chi connectivity index (χ2n) is 6.60. The Labute approximate surface area is 146 Å². The van der Waals surface area contributed by atoms with Gasteiger partial charge in [0.25, 0.3) is 0 Å². The fourth-order valence-corrected chi connectivity index (χ4v) is 4.82. The molecule has 3 rings (SSSR count). The largest absolute Gasteiger partial charge is 0.465 e. The van der Waals surface area contributed by atoms with Crippen molar-refractivity contribution in [2.75, 3.05) is 26.7 Å². The van der Waals surface area contributed by atoms with Crippen molar-refractivity contribution in [1.82, 2.24) is 9.21 Å². The lowest BCUT2D eigenvalue weighted by atomic mass is 9.87. The molecule has 0 aromatic heterocycles. The van der Waals surface area contributed by atoms with Gasteiger partial charge >= 0.3 is 6.09 Å². The Morgan fingerprint density at radius 1 is 1.32 bits per heavy atom. The first-order valence-corrected chi connectivity index (χ1v) is 9.53. The Morgan fingerprint density at radius 2 is 1.92 bits per heavy atom. The minimum atomic E-state index is -3.74. The highest BCUT2D eigenvalue weighted by molar-refractivity contribution is 7.89. The average molecular weight is 372 g/mol. The minimum absolute atomic E-state index is 0.0399. The van der Waals surface area contributed by atoms with E-state index in [-0.39, 0.29) is 17.5 Å². The molecule has 1 aromatic rings. The second kappa shape index (κ2) is 6.54. The number of piperidine rings is 1. The van der Waals surface area contributed by atoms with Crippen molar-refractivity contribution in [1.29, 1.82) is 0 Å². The molecular formula is C16H21FN2O5S. The Hall–Kier alpha value is -1.71. The van der Waals surface area contributed by atoms with Crippen LogP contribution in [0.15, 0.2) is 29.2 Å². The highest BCUT2D eigenvalue weighted by atomic mass is 32.2. The standard InChI is InChI=1S/C16H21FN2O5S/c1-18(25(22,23)14-4-2-12(17)3-5-14)13-10-16(24-11-13)6-8-19(9-7-16)15(20)21/h2-5,13H,6-11H2,1H3,(H,20,21). The third-order valence-corrected chi connectivity index (χ3v) is 7.06. The molecule has 1 unspecified atom stereocenters. The van der Waals surface area contributed by atoms with Crippen molar-refractivity contribution in [3.8, 4) is 0 Å². The third kappa shape index (κ3) is 3.49. The predicted molar refractivity (Wildman–Crippen MR) is 87.3 cm³/mol. The van der Waals surface area contributed by atoms with Gasteiger partial charge in [0.15, 0.2) is 0 Å². The van der Waals surface area contributed by atoms with Gasteiger partial charge in [-0.05, 0) is 43.5 Å². The summed E-state index contributed by atoms with van der Waals surface area (Å²) in [6.45, 7) is 1.04. The van der Waals surface area contributed by atoms with Crippen LogP contribution in [0.2, 0.25) is 0 Å². The van der Waals surface area contributed by atoms with Crippen molar-refractivity contribution < 1.29 is 27.4 Å². The topological polar surface area (TPSA) is 87.2 Å². The lowest BCUT2D eigenvalue weighted by Crippen LogP contribution is -2.46. The number of rotatable bonds is 3. The number of hydrogen-bond acceptors (Lipinski definition) is 4. The molecule has 2 fully saturated rings. The summed E-state index contributed by atoms with van der Waals surface area (Å²) < 4.78 is 45.6. The van der Waals surface area contributed by atoms with Crippen molar-refractivity contribution >= 4 is 16.1 Å². The average Bonchev–Trinajstić information content (AvgIpc) is 2.98. The van der Waals surface area contributed by atoms with Crippen LogP contribution in [-0.4, -0.2) is 67.2 Å². The number of amides is 1. The predicted octanol–water partition coefficient (Wildman–Crippen LogP) is 1.75. The van der Waals surface area contributed by atoms with Crippen LogP contribution in [0.1, 0.15) is 19.3 Å². The first-order chi connectivity index (χ1) is 11.7. The molecule has 0 bridgehead atoms. The molecule has 25 heavy (non-hydrogen) atoms. The van der Waals surface area contributed by atoms with Crippen LogP contribution in [0.5, 0.6) is 0 Å². The molecule has 9 heteroatoms. The Morgan fingerprint density at radius 3 is 2.48 bits per heavy atom. The lowest BCUT2D eigenvalue weighted by Gasteiger charge is -2.37. The molecule has 2 aliphatic rings. The number of likely N-dealkylation sites (tertiary alicyclic amines) is 1. The molecule has 1 spiro atoms. The van der Waals surface area contributed by atoms with Gasteiger partial charge in [0.05, 0.1) is 23.1 Å². The highest BCUT2D eigenvalue weighted by Crippen LogP contribution is 2.38. The van der Waals surface area contributed by atoms with Gasteiger partial charge in [-0.2, -0.15) is 4.31 Å². The fraction of sp³-hybridized carbons (Fsp3) is 0.562. The summed E-state index contributed by atoms with van der Waals surface area (Å²) in [5.74, 6) is -0.491. The molecule has 7 nitrogen and oxygen atoms in total. The second-order valence-corrected chi connectivity index (χ2v) is 8.59. The van der Waals surface area contributed by atoms with E-state index in [1.54, 1.807) is 0 Å². The van der Waals surface area contributed by atoms with E-state index >= 15 is 0 Å². The fourth-order valence-electron chi connectivity index (χ4n) is 3.48. The summed E-state index contributed by atoms with van der Waals surface area (Å²) in [7, 11) is -2.24.